The van der Waals surface area contributed by atoms with Gasteiger partial charge in [0.2, 0.25) is 0 Å². The monoisotopic (exact) mass is 1490 g/mol. The van der Waals surface area contributed by atoms with Crippen LogP contribution in [-0.2, 0) is 55.8 Å². The highest BCUT2D eigenvalue weighted by molar-refractivity contribution is 7.47. The van der Waals surface area contributed by atoms with Gasteiger partial charge in [0.05, 0.1) is 26.4 Å². The van der Waals surface area contributed by atoms with E-state index in [1.807, 2.05) is 0 Å². The van der Waals surface area contributed by atoms with Gasteiger partial charge in [-0.15, -0.1) is 0 Å². The molecule has 5 unspecified atom stereocenters. The van der Waals surface area contributed by atoms with Crippen LogP contribution in [-0.4, -0.2) is 95.9 Å². The van der Waals surface area contributed by atoms with E-state index < -0.39 is 91.5 Å². The predicted octanol–water partition coefficient (Wildman–Crippen LogP) is 24.3. The SMILES string of the molecule is CC/C=C\C/C=C\C/C=C\C/C=C\C/C=C\CCCCCCCCCCCCCC(=O)OCC(O)COP(=O)(O)OCC(O)COP(=O)(O)OCC(COC(=O)CCCCCCCCCCCCC/C=C\C/C=C\C/C=C\C/C=C\CCCCC)OC(=O)CCCCCCCCCCCCCCC. The molecule has 0 bridgehead atoms. The molecule has 0 aromatic rings. The number of unbranched alkanes of at least 4 members (excludes halogenated alkanes) is 37. The summed E-state index contributed by atoms with van der Waals surface area (Å²) < 4.78 is 61.2. The van der Waals surface area contributed by atoms with Crippen LogP contribution in [0, 0.1) is 0 Å². The number of esters is 3. The van der Waals surface area contributed by atoms with Gasteiger partial charge >= 0.3 is 33.6 Å². The predicted molar refractivity (Wildman–Crippen MR) is 427 cm³/mol. The van der Waals surface area contributed by atoms with Gasteiger partial charge in [-0.05, 0) is 109 Å². The molecule has 596 valence electrons. The molecule has 4 N–H and O–H groups in total. The van der Waals surface area contributed by atoms with Crippen molar-refractivity contribution >= 4 is 33.6 Å². The van der Waals surface area contributed by atoms with Gasteiger partial charge in [-0.2, -0.15) is 0 Å². The van der Waals surface area contributed by atoms with Gasteiger partial charge in [0.15, 0.2) is 6.10 Å². The summed E-state index contributed by atoms with van der Waals surface area (Å²) in [7, 11) is -9.78. The van der Waals surface area contributed by atoms with Crippen LogP contribution in [0.25, 0.3) is 0 Å². The molecule has 0 aromatic carbocycles. The van der Waals surface area contributed by atoms with E-state index in [9.17, 15) is 43.5 Å². The normalized spacial score (nSPS) is 14.5. The molecule has 103 heavy (non-hydrogen) atoms. The van der Waals surface area contributed by atoms with Gasteiger partial charge in [0.25, 0.3) is 0 Å². The maximum atomic E-state index is 13.0. The average Bonchev–Trinajstić information content (AvgIpc) is 0.924. The molecule has 0 rings (SSSR count). The molecule has 5 atom stereocenters. The Hall–Kier alpha value is -3.79. The Bertz CT molecular complexity index is 2310. The molecule has 0 aliphatic heterocycles. The molecule has 0 aromatic heterocycles. The first-order valence-corrected chi connectivity index (χ1v) is 44.2. The summed E-state index contributed by atoms with van der Waals surface area (Å²) in [5, 5.41) is 20.6. The summed E-state index contributed by atoms with van der Waals surface area (Å²) in [4.78, 5) is 58.7. The minimum Gasteiger partial charge on any atom is -0.463 e. The quantitative estimate of drug-likeness (QED) is 0.0146. The number of phosphoric ester groups is 2. The molecule has 0 saturated carbocycles. The summed E-state index contributed by atoms with van der Waals surface area (Å²) in [5.74, 6) is -1.57. The number of carbonyl (C=O) groups is 3. The highest BCUT2D eigenvalue weighted by atomic mass is 31.2. The van der Waals surface area contributed by atoms with Crippen LogP contribution >= 0.6 is 15.6 Å². The van der Waals surface area contributed by atoms with Crippen molar-refractivity contribution in [2.75, 3.05) is 39.6 Å². The van der Waals surface area contributed by atoms with E-state index >= 15 is 0 Å². The number of hydrogen-bond donors (Lipinski definition) is 4. The number of aliphatic hydroxyl groups is 2. The zero-order valence-electron chi connectivity index (χ0n) is 65.2. The van der Waals surface area contributed by atoms with Crippen molar-refractivity contribution < 1.29 is 75.8 Å². The van der Waals surface area contributed by atoms with E-state index in [0.717, 1.165) is 135 Å². The molecule has 0 spiro atoms. The maximum absolute atomic E-state index is 13.0. The van der Waals surface area contributed by atoms with Crippen LogP contribution in [0.2, 0.25) is 0 Å². The standard InChI is InChI=1S/C85H150O16P2/c1-4-7-10-13-16-19-22-25-27-29-31-33-35-37-39-41-43-45-47-49-51-54-56-59-62-65-68-71-83(88)95-74-80(86)75-97-102(91,92)98-76-81(87)77-99-103(93,94)100-79-82(101-85(90)73-70-67-64-61-58-53-24-21-18-15-12-9-6-3)78-96-84(89)72-69-66-63-60-57-55-52-50-48-46-44-42-40-38-36-34-32-30-28-26-23-20-17-14-11-8-5-2/h7,10,16-17,19-20,25-28,31-34,37-40,80-82,86-87H,4-6,8-9,11-15,18,21-24,29-30,35-36,41-79H2,1-3H3,(H,91,92)(H,93,94)/b10-7-,19-16-,20-17-,27-25-,28-26-,33-31-,34-32-,39-37-,40-38-. The lowest BCUT2D eigenvalue weighted by Crippen LogP contribution is -2.30. The molecule has 0 amide bonds. The van der Waals surface area contributed by atoms with Crippen LogP contribution in [0.15, 0.2) is 109 Å². The Morgan fingerprint density at radius 3 is 0.835 bits per heavy atom. The largest absolute Gasteiger partial charge is 0.472 e. The fourth-order valence-electron chi connectivity index (χ4n) is 11.2. The lowest BCUT2D eigenvalue weighted by Gasteiger charge is -2.21. The molecule has 0 radical (unpaired) electrons. The van der Waals surface area contributed by atoms with Crippen LogP contribution in [0.1, 0.15) is 355 Å². The van der Waals surface area contributed by atoms with Crippen LogP contribution in [0.5, 0.6) is 0 Å². The number of aliphatic hydroxyl groups excluding tert-OH is 2. The highest BCUT2D eigenvalue weighted by Crippen LogP contribution is 2.45. The third kappa shape index (κ3) is 79.1. The Kier molecular flexibility index (Phi) is 74.9. The van der Waals surface area contributed by atoms with Crippen molar-refractivity contribution in [3.8, 4) is 0 Å². The lowest BCUT2D eigenvalue weighted by molar-refractivity contribution is -0.161. The molecule has 0 fully saturated rings. The molecule has 0 aliphatic carbocycles. The van der Waals surface area contributed by atoms with Crippen molar-refractivity contribution in [2.24, 2.45) is 0 Å². The van der Waals surface area contributed by atoms with Crippen molar-refractivity contribution in [1.82, 2.24) is 0 Å². The van der Waals surface area contributed by atoms with Gasteiger partial charge < -0.3 is 34.2 Å². The summed E-state index contributed by atoms with van der Waals surface area (Å²) in [5.41, 5.74) is 0. The van der Waals surface area contributed by atoms with Crippen molar-refractivity contribution in [3.05, 3.63) is 109 Å². The first kappa shape index (κ1) is 99.2. The summed E-state index contributed by atoms with van der Waals surface area (Å²) in [6, 6.07) is 0. The Balaban J connectivity index is 4.50. The van der Waals surface area contributed by atoms with E-state index in [0.29, 0.717) is 19.3 Å². The molecular formula is C85H150O16P2. The first-order chi connectivity index (χ1) is 50.2. The van der Waals surface area contributed by atoms with Gasteiger partial charge in [-0.1, -0.05) is 336 Å². The third-order valence-electron chi connectivity index (χ3n) is 17.5. The summed E-state index contributed by atoms with van der Waals surface area (Å²) in [6.07, 6.45) is 91.3. The highest BCUT2D eigenvalue weighted by Gasteiger charge is 2.29. The molecule has 0 heterocycles. The minimum absolute atomic E-state index is 0.107. The zero-order valence-corrected chi connectivity index (χ0v) is 67.0. The van der Waals surface area contributed by atoms with E-state index in [4.69, 9.17) is 32.3 Å². The van der Waals surface area contributed by atoms with E-state index in [-0.39, 0.29) is 19.3 Å². The second-order valence-corrected chi connectivity index (χ2v) is 30.5. The fraction of sp³-hybridized carbons (Fsp3) is 0.753. The van der Waals surface area contributed by atoms with Gasteiger partial charge in [0, 0.05) is 19.3 Å². The molecule has 0 saturated heterocycles. The number of carbonyl (C=O) groups excluding carboxylic acids is 3. The maximum Gasteiger partial charge on any atom is 0.472 e. The minimum atomic E-state index is -4.93. The van der Waals surface area contributed by atoms with Crippen molar-refractivity contribution in [3.63, 3.8) is 0 Å². The average molecular weight is 1490 g/mol. The van der Waals surface area contributed by atoms with Crippen LogP contribution in [0.4, 0.5) is 0 Å². The number of phosphoric acid groups is 2. The van der Waals surface area contributed by atoms with Gasteiger partial charge in [-0.3, -0.25) is 32.5 Å². The fourth-order valence-corrected chi connectivity index (χ4v) is 12.8. The van der Waals surface area contributed by atoms with Crippen molar-refractivity contribution in [1.29, 1.82) is 0 Å². The number of rotatable bonds is 78. The van der Waals surface area contributed by atoms with Gasteiger partial charge in [0.1, 0.15) is 25.4 Å². The first-order valence-electron chi connectivity index (χ1n) is 41.2. The summed E-state index contributed by atoms with van der Waals surface area (Å²) in [6.45, 7) is 2.58. The van der Waals surface area contributed by atoms with Crippen LogP contribution in [0.3, 0.4) is 0 Å². The Labute approximate surface area is 628 Å². The molecular weight excluding hydrogens is 1340 g/mol. The smallest absolute Gasteiger partial charge is 0.463 e. The van der Waals surface area contributed by atoms with Crippen LogP contribution < -0.4 is 0 Å². The number of allylic oxidation sites excluding steroid dienone is 18. The Morgan fingerprint density at radius 2 is 0.515 bits per heavy atom. The van der Waals surface area contributed by atoms with E-state index in [1.165, 1.54) is 161 Å². The van der Waals surface area contributed by atoms with Gasteiger partial charge in [-0.25, -0.2) is 9.13 Å². The van der Waals surface area contributed by atoms with Crippen molar-refractivity contribution in [2.45, 2.75) is 373 Å². The second-order valence-electron chi connectivity index (χ2n) is 27.6. The third-order valence-corrected chi connectivity index (χ3v) is 19.4. The molecule has 0 aliphatic rings. The zero-order chi connectivity index (χ0) is 75.2. The Morgan fingerprint density at radius 1 is 0.282 bits per heavy atom. The topological polar surface area (TPSA) is 231 Å². The lowest BCUT2D eigenvalue weighted by atomic mass is 10.0. The molecule has 16 nitrogen and oxygen atoms in total. The number of ether oxygens (including phenoxy) is 3. The van der Waals surface area contributed by atoms with E-state index in [1.54, 1.807) is 0 Å². The molecule has 18 heteroatoms. The number of hydrogen-bond acceptors (Lipinski definition) is 14. The summed E-state index contributed by atoms with van der Waals surface area (Å²) >= 11 is 0. The van der Waals surface area contributed by atoms with E-state index in [2.05, 4.69) is 130 Å². The second kappa shape index (κ2) is 77.8.